The van der Waals surface area contributed by atoms with Crippen LogP contribution in [0.15, 0.2) is 48.5 Å². The molecule has 1 amide bonds. The van der Waals surface area contributed by atoms with E-state index < -0.39 is 36.5 Å². The van der Waals surface area contributed by atoms with Crippen LogP contribution in [0.1, 0.15) is 93.6 Å². The fourth-order valence-electron chi connectivity index (χ4n) is 6.39. The van der Waals surface area contributed by atoms with E-state index >= 15 is 0 Å². The van der Waals surface area contributed by atoms with E-state index in [0.29, 0.717) is 93.1 Å². The van der Waals surface area contributed by atoms with Gasteiger partial charge in [0.2, 0.25) is 0 Å². The van der Waals surface area contributed by atoms with Gasteiger partial charge in [-0.15, -0.1) is 5.26 Å². The quantitative estimate of drug-likeness (QED) is 0.0190. The summed E-state index contributed by atoms with van der Waals surface area (Å²) in [6.07, 6.45) is 4.77. The zero-order valence-corrected chi connectivity index (χ0v) is 53.2. The molecule has 0 aromatic heterocycles. The number of anilines is 1. The lowest BCUT2D eigenvalue weighted by atomic mass is 10.0. The van der Waals surface area contributed by atoms with Crippen molar-refractivity contribution in [3.63, 3.8) is 0 Å². The first-order valence-electron chi connectivity index (χ1n) is 26.5. The van der Waals surface area contributed by atoms with Crippen LogP contribution in [0.25, 0.3) is 0 Å². The Bertz CT molecular complexity index is 1990. The lowest BCUT2D eigenvalue weighted by molar-refractivity contribution is -0.925. The van der Waals surface area contributed by atoms with Gasteiger partial charge in [-0.1, -0.05) is 60.7 Å². The number of amides is 1. The van der Waals surface area contributed by atoms with Crippen LogP contribution in [0.5, 0.6) is 5.75 Å². The summed E-state index contributed by atoms with van der Waals surface area (Å²) in [5.74, 6) is 0.503. The summed E-state index contributed by atoms with van der Waals surface area (Å²) < 4.78 is 109. The predicted octanol–water partition coefficient (Wildman–Crippen LogP) is 11.4. The number of phosphoric ester groups is 3. The van der Waals surface area contributed by atoms with Crippen LogP contribution in [-0.4, -0.2) is 167 Å². The van der Waals surface area contributed by atoms with Crippen LogP contribution >= 0.6 is 64.2 Å². The number of rotatable bonds is 24. The zero-order valence-electron chi connectivity index (χ0n) is 47.7. The standard InChI is InChI=1S/C26H36N3O7P.C6H15NO.2C5H11O4P.C3H6ClO3P.C2H6O.CH3I/c1-4-29(5-2,16-7-18-36-37(31,32)35-6-3)17-19-33-26(30)28-24-12-8-22(9-13-24)20-23-10-14-25(15-11-23)34-21-27;1-3-7(4-2)5-6-8;2*1-2-7-10(6)8-4-3-5-9-10;4-8(5)6-2-1-3-7-8;1-2-3;1-2/h8-15H,4-7,16-20H2,1-3H3,(H-,28,30,31,32);8H,3-6H2,1-2H3;2*2-5H2,1H3;1-3H2;3H,2H2,1H3;1H3/p+1/i;;;;;;1D. The summed E-state index contributed by atoms with van der Waals surface area (Å²) in [4.78, 5) is 24.5. The first-order valence-corrected chi connectivity index (χ1v) is 34.2. The molecule has 2 aromatic carbocycles. The molecule has 0 aliphatic carbocycles. The molecule has 24 nitrogen and oxygen atoms in total. The average molecular weight is 1330 g/mol. The number of halogens is 2. The molecule has 454 valence electrons. The van der Waals surface area contributed by atoms with E-state index in [9.17, 15) is 27.9 Å². The Morgan fingerprint density at radius 3 is 1.58 bits per heavy atom. The van der Waals surface area contributed by atoms with E-state index in [-0.39, 0.29) is 33.0 Å². The number of aliphatic hydroxyl groups excluding tert-OH is 2. The van der Waals surface area contributed by atoms with Crippen LogP contribution in [0.2, 0.25) is 0 Å². The SMILES string of the molecule is CCN(CC)CCO.CCO.CCOP(=O)(O)OCCC[N+](CC)(CC)CCOC(=O)Nc1ccc(Cc2ccc(OC#N)cc2)cc1.CCOP1(=O)OCCCO1.CCOP1(=O)OCCCO1.O=P1(Cl)OCCCO1.[2H]CI. The zero-order chi connectivity index (χ0) is 59.9. The van der Waals surface area contributed by atoms with E-state index in [4.69, 9.17) is 73.8 Å². The highest BCUT2D eigenvalue weighted by atomic mass is 127. The van der Waals surface area contributed by atoms with E-state index in [1.165, 1.54) is 0 Å². The molecule has 3 aliphatic rings. The van der Waals surface area contributed by atoms with Gasteiger partial charge in [0.05, 0.1) is 92.3 Å². The number of quaternary nitrogens is 1. The summed E-state index contributed by atoms with van der Waals surface area (Å²) in [5, 5.41) is 27.3. The van der Waals surface area contributed by atoms with Crippen LogP contribution in [-0.2, 0) is 74.7 Å². The van der Waals surface area contributed by atoms with Gasteiger partial charge in [0, 0.05) is 37.9 Å². The van der Waals surface area contributed by atoms with Crippen molar-refractivity contribution in [1.29, 1.82) is 5.26 Å². The minimum atomic E-state index is -3.98. The molecule has 0 radical (unpaired) electrons. The Hall–Kier alpha value is -1.66. The van der Waals surface area contributed by atoms with Crippen LogP contribution in [0.4, 0.5) is 10.5 Å². The third kappa shape index (κ3) is 39.7. The first kappa shape index (κ1) is 76.3. The van der Waals surface area contributed by atoms with E-state index in [0.717, 1.165) is 69.7 Å². The van der Waals surface area contributed by atoms with Crippen molar-refractivity contribution in [3.8, 4) is 12.0 Å². The molecule has 4 N–H and O–H groups in total. The Morgan fingerprint density at radius 2 is 1.22 bits per heavy atom. The number of aliphatic hydroxyl groups is 2. The van der Waals surface area contributed by atoms with Gasteiger partial charge in [0.15, 0.2) is 0 Å². The molecule has 3 fully saturated rings. The van der Waals surface area contributed by atoms with Gasteiger partial charge in [0.25, 0.3) is 6.26 Å². The third-order valence-electron chi connectivity index (χ3n) is 10.4. The van der Waals surface area contributed by atoms with Crippen molar-refractivity contribution in [3.05, 3.63) is 59.7 Å². The number of nitrogens with zero attached hydrogens (tertiary/aromatic N) is 3. The number of hydrogen-bond acceptors (Lipinski definition) is 21. The molecule has 1 atom stereocenters. The number of nitrogens with one attached hydrogen (secondary N) is 1. The lowest BCUT2D eigenvalue weighted by Gasteiger charge is -2.36. The number of nitriles is 1. The molecule has 3 heterocycles. The number of carbonyl (C=O) groups is 1. The first-order chi connectivity index (χ1) is 37.7. The molecule has 3 aliphatic heterocycles. The summed E-state index contributed by atoms with van der Waals surface area (Å²) >= 11 is 7.14. The highest BCUT2D eigenvalue weighted by molar-refractivity contribution is 14.1. The highest BCUT2D eigenvalue weighted by Gasteiger charge is 2.30. The maximum absolute atomic E-state index is 12.3. The van der Waals surface area contributed by atoms with Crippen molar-refractivity contribution in [2.24, 2.45) is 0 Å². The van der Waals surface area contributed by atoms with Gasteiger partial charge in [-0.2, -0.15) is 0 Å². The van der Waals surface area contributed by atoms with Crippen molar-refractivity contribution >= 4 is 76.0 Å². The Morgan fingerprint density at radius 1 is 0.769 bits per heavy atom. The molecule has 3 saturated heterocycles. The lowest BCUT2D eigenvalue weighted by Crippen LogP contribution is -2.50. The van der Waals surface area contributed by atoms with E-state index in [1.54, 1.807) is 46.1 Å². The second kappa shape index (κ2) is 47.8. The molecule has 0 bridgehead atoms. The number of benzene rings is 2. The minimum absolute atomic E-state index is 0.108. The van der Waals surface area contributed by atoms with Gasteiger partial charge in [-0.05, 0) is 121 Å². The topological polar surface area (TPSA) is 296 Å². The third-order valence-corrected chi connectivity index (χ3v) is 16.2. The van der Waals surface area contributed by atoms with E-state index in [1.807, 2.05) is 59.0 Å². The maximum atomic E-state index is 12.3. The number of alkyl halides is 1. The number of carbonyl (C=O) groups excluding carboxylic acids is 1. The van der Waals surface area contributed by atoms with Crippen LogP contribution < -0.4 is 10.1 Å². The minimum Gasteiger partial charge on any atom is -0.443 e. The van der Waals surface area contributed by atoms with Crippen molar-refractivity contribution in [2.45, 2.75) is 87.5 Å². The molecule has 0 saturated carbocycles. The summed E-state index contributed by atoms with van der Waals surface area (Å²) in [7, 11) is -10.2. The largest absolute Gasteiger partial charge is 0.474 e. The predicted molar refractivity (Wildman–Crippen MR) is 309 cm³/mol. The summed E-state index contributed by atoms with van der Waals surface area (Å²) in [5.41, 5.74) is 2.78. The number of ether oxygens (including phenoxy) is 2. The number of likely N-dealkylation sites (N-methyl/N-ethyl adjacent to an activating group) is 2. The van der Waals surface area contributed by atoms with Crippen LogP contribution in [0.3, 0.4) is 0 Å². The maximum Gasteiger partial charge on any atom is 0.474 e. The molecule has 0 spiro atoms. The highest BCUT2D eigenvalue weighted by Crippen LogP contribution is 2.55. The fourth-order valence-corrected chi connectivity index (χ4v) is 10.8. The monoisotopic (exact) mass is 1330 g/mol. The molecular weight excluding hydrogens is 1240 g/mol. The summed E-state index contributed by atoms with van der Waals surface area (Å²) in [6.45, 7) is 22.4. The van der Waals surface area contributed by atoms with Gasteiger partial charge in [-0.25, -0.2) is 23.1 Å². The van der Waals surface area contributed by atoms with Crippen molar-refractivity contribution in [1.82, 2.24) is 4.90 Å². The van der Waals surface area contributed by atoms with Gasteiger partial charge < -0.3 is 34.0 Å². The summed E-state index contributed by atoms with van der Waals surface area (Å²) in [6, 6.07) is 14.8. The van der Waals surface area contributed by atoms with Crippen molar-refractivity contribution < 1.29 is 98.7 Å². The van der Waals surface area contributed by atoms with Gasteiger partial charge in [-0.3, -0.25) is 50.6 Å². The molecule has 30 heteroatoms. The van der Waals surface area contributed by atoms with Crippen LogP contribution in [0, 0.1) is 11.5 Å². The molecule has 1 unspecified atom stereocenters. The molecule has 5 rings (SSSR count). The molecule has 78 heavy (non-hydrogen) atoms. The average Bonchev–Trinajstić information content (AvgIpc) is 3.41. The van der Waals surface area contributed by atoms with Crippen molar-refractivity contribution in [2.75, 3.05) is 142 Å². The number of phosphoric acid groups is 3. The smallest absolute Gasteiger partial charge is 0.443 e. The fraction of sp³-hybridized carbons (Fsp3) is 0.708. The van der Waals surface area contributed by atoms with Gasteiger partial charge >= 0.3 is 36.5 Å². The number of hydrogen-bond donors (Lipinski definition) is 4. The second-order valence-electron chi connectivity index (χ2n) is 15.8. The Kier molecular flexibility index (Phi) is 46.8. The van der Waals surface area contributed by atoms with E-state index in [2.05, 4.69) is 47.0 Å². The molecule has 2 aromatic rings. The Labute approximate surface area is 483 Å². The molecular formula is C48H89ClIN4O20P4+. The normalized spacial score (nSPS) is 16.8. The van der Waals surface area contributed by atoms with Gasteiger partial charge in [0.1, 0.15) is 18.9 Å². The second-order valence-corrected chi connectivity index (χ2v) is 23.2. The Balaban J connectivity index is 0.